The van der Waals surface area contributed by atoms with Gasteiger partial charge < -0.3 is 9.47 Å². The highest BCUT2D eigenvalue weighted by atomic mass is 32.2. The van der Waals surface area contributed by atoms with Crippen LogP contribution in [0.1, 0.15) is 49.5 Å². The molecule has 1 fully saturated rings. The molecule has 1 aromatic heterocycles. The highest BCUT2D eigenvalue weighted by Crippen LogP contribution is 2.33. The summed E-state index contributed by atoms with van der Waals surface area (Å²) < 4.78 is 2.33. The van der Waals surface area contributed by atoms with Crippen LogP contribution >= 0.6 is 11.8 Å². The first-order valence-electron chi connectivity index (χ1n) is 10.4. The van der Waals surface area contributed by atoms with Crippen molar-refractivity contribution >= 4 is 28.4 Å². The van der Waals surface area contributed by atoms with Crippen LogP contribution in [0.5, 0.6) is 0 Å². The molecule has 29 heavy (non-hydrogen) atoms. The van der Waals surface area contributed by atoms with Gasteiger partial charge in [-0.05, 0) is 29.2 Å². The number of aromatic nitrogens is 3. The van der Waals surface area contributed by atoms with E-state index >= 15 is 0 Å². The Balaban J connectivity index is 1.66. The number of benzene rings is 2. The standard InChI is InChI=1S/C23H28N4OS/c1-26(2)22(28)16-29-23-25-24-21(27(23)19-12-4-3-5-13-19)15-18-11-8-10-17-9-6-7-14-20(17)18/h6-11,14,19H,3-5,12-13,15-16H2,1-2H3. The van der Waals surface area contributed by atoms with Crippen LogP contribution in [0.15, 0.2) is 47.6 Å². The van der Waals surface area contributed by atoms with Gasteiger partial charge in [0.05, 0.1) is 5.75 Å². The minimum atomic E-state index is 0.101. The van der Waals surface area contributed by atoms with Gasteiger partial charge in [0.15, 0.2) is 5.16 Å². The molecule has 6 heteroatoms. The first-order valence-corrected chi connectivity index (χ1v) is 11.4. The van der Waals surface area contributed by atoms with Crippen LogP contribution in [0.25, 0.3) is 10.8 Å². The van der Waals surface area contributed by atoms with Gasteiger partial charge in [0.1, 0.15) is 5.82 Å². The Morgan fingerprint density at radius 2 is 1.83 bits per heavy atom. The summed E-state index contributed by atoms with van der Waals surface area (Å²) in [5.74, 6) is 1.50. The number of thioether (sulfide) groups is 1. The lowest BCUT2D eigenvalue weighted by atomic mass is 9.95. The molecule has 0 spiro atoms. The van der Waals surface area contributed by atoms with Crippen LogP contribution < -0.4 is 0 Å². The Morgan fingerprint density at radius 1 is 1.07 bits per heavy atom. The van der Waals surface area contributed by atoms with E-state index in [4.69, 9.17) is 0 Å². The molecule has 0 unspecified atom stereocenters. The van der Waals surface area contributed by atoms with E-state index in [1.54, 1.807) is 19.0 Å². The predicted molar refractivity (Wildman–Crippen MR) is 118 cm³/mol. The lowest BCUT2D eigenvalue weighted by Crippen LogP contribution is -2.24. The SMILES string of the molecule is CN(C)C(=O)CSc1nnc(Cc2cccc3ccccc23)n1C1CCCCC1. The number of hydrogen-bond donors (Lipinski definition) is 0. The van der Waals surface area contributed by atoms with Gasteiger partial charge in [-0.2, -0.15) is 0 Å². The maximum Gasteiger partial charge on any atom is 0.232 e. The highest BCUT2D eigenvalue weighted by molar-refractivity contribution is 7.99. The number of carbonyl (C=O) groups excluding carboxylic acids is 1. The normalized spacial score (nSPS) is 15.0. The van der Waals surface area contributed by atoms with Gasteiger partial charge >= 0.3 is 0 Å². The third kappa shape index (κ3) is 4.47. The Kier molecular flexibility index (Phi) is 6.19. The van der Waals surface area contributed by atoms with E-state index in [1.807, 2.05) is 0 Å². The van der Waals surface area contributed by atoms with Crippen molar-refractivity contribution in [1.29, 1.82) is 0 Å². The molecule has 1 aliphatic carbocycles. The quantitative estimate of drug-likeness (QED) is 0.555. The molecule has 152 valence electrons. The summed E-state index contributed by atoms with van der Waals surface area (Å²) in [5.41, 5.74) is 1.27. The molecular weight excluding hydrogens is 380 g/mol. The molecule has 0 saturated heterocycles. The van der Waals surface area contributed by atoms with Gasteiger partial charge in [0.2, 0.25) is 5.91 Å². The number of carbonyl (C=O) groups is 1. The number of amides is 1. The van der Waals surface area contributed by atoms with Crippen molar-refractivity contribution in [2.75, 3.05) is 19.8 Å². The van der Waals surface area contributed by atoms with Gasteiger partial charge in [-0.25, -0.2) is 0 Å². The molecule has 3 aromatic rings. The second-order valence-corrected chi connectivity index (χ2v) is 8.90. The molecule has 5 nitrogen and oxygen atoms in total. The lowest BCUT2D eigenvalue weighted by molar-refractivity contribution is -0.125. The third-order valence-electron chi connectivity index (χ3n) is 5.73. The molecule has 0 aliphatic heterocycles. The zero-order valence-electron chi connectivity index (χ0n) is 17.2. The fourth-order valence-corrected chi connectivity index (χ4v) is 5.11. The van der Waals surface area contributed by atoms with Crippen molar-refractivity contribution in [2.24, 2.45) is 0 Å². The first-order chi connectivity index (χ1) is 14.1. The van der Waals surface area contributed by atoms with Crippen molar-refractivity contribution in [2.45, 2.75) is 49.7 Å². The largest absolute Gasteiger partial charge is 0.348 e. The van der Waals surface area contributed by atoms with Gasteiger partial charge in [0, 0.05) is 26.6 Å². The average molecular weight is 409 g/mol. The number of nitrogens with zero attached hydrogens (tertiary/aromatic N) is 4. The molecule has 4 rings (SSSR count). The predicted octanol–water partition coefficient (Wildman–Crippen LogP) is 4.71. The van der Waals surface area contributed by atoms with E-state index in [2.05, 4.69) is 57.2 Å². The third-order valence-corrected chi connectivity index (χ3v) is 6.65. The Hall–Kier alpha value is -2.34. The molecule has 0 bridgehead atoms. The van der Waals surface area contributed by atoms with Crippen LogP contribution in [0.2, 0.25) is 0 Å². The van der Waals surface area contributed by atoms with E-state index in [1.165, 1.54) is 47.4 Å². The van der Waals surface area contributed by atoms with Gasteiger partial charge in [-0.1, -0.05) is 73.5 Å². The van der Waals surface area contributed by atoms with Crippen molar-refractivity contribution in [3.63, 3.8) is 0 Å². The van der Waals surface area contributed by atoms with Crippen molar-refractivity contribution in [3.8, 4) is 0 Å². The summed E-state index contributed by atoms with van der Waals surface area (Å²) in [6, 6.07) is 15.4. The molecule has 1 amide bonds. The van der Waals surface area contributed by atoms with Crippen LogP contribution in [0.4, 0.5) is 0 Å². The number of fused-ring (bicyclic) bond motifs is 1. The minimum Gasteiger partial charge on any atom is -0.348 e. The van der Waals surface area contributed by atoms with Gasteiger partial charge in [-0.15, -0.1) is 10.2 Å². The molecule has 1 saturated carbocycles. The van der Waals surface area contributed by atoms with Crippen LogP contribution in [0, 0.1) is 0 Å². The monoisotopic (exact) mass is 408 g/mol. The maximum atomic E-state index is 12.1. The van der Waals surface area contributed by atoms with E-state index in [0.717, 1.165) is 30.2 Å². The van der Waals surface area contributed by atoms with Gasteiger partial charge in [0.25, 0.3) is 0 Å². The first kappa shape index (κ1) is 20.0. The molecule has 0 atom stereocenters. The van der Waals surface area contributed by atoms with Crippen LogP contribution in [-0.2, 0) is 11.2 Å². The zero-order valence-corrected chi connectivity index (χ0v) is 18.0. The zero-order chi connectivity index (χ0) is 20.2. The minimum absolute atomic E-state index is 0.101. The lowest BCUT2D eigenvalue weighted by Gasteiger charge is -2.25. The summed E-state index contributed by atoms with van der Waals surface area (Å²) in [5, 5.41) is 12.5. The van der Waals surface area contributed by atoms with Crippen LogP contribution in [-0.4, -0.2) is 45.4 Å². The highest BCUT2D eigenvalue weighted by Gasteiger charge is 2.24. The van der Waals surface area contributed by atoms with E-state index in [-0.39, 0.29) is 5.91 Å². The Labute approximate surface area is 176 Å². The topological polar surface area (TPSA) is 51.0 Å². The summed E-state index contributed by atoms with van der Waals surface area (Å²) in [6.45, 7) is 0. The second-order valence-electron chi connectivity index (χ2n) is 7.95. The smallest absolute Gasteiger partial charge is 0.232 e. The molecule has 0 N–H and O–H groups in total. The average Bonchev–Trinajstić information content (AvgIpc) is 3.15. The van der Waals surface area contributed by atoms with Crippen molar-refractivity contribution in [3.05, 3.63) is 53.9 Å². The van der Waals surface area contributed by atoms with Crippen molar-refractivity contribution in [1.82, 2.24) is 19.7 Å². The van der Waals surface area contributed by atoms with E-state index in [0.29, 0.717) is 11.8 Å². The molecule has 0 radical (unpaired) electrons. The summed E-state index contributed by atoms with van der Waals surface area (Å²) in [7, 11) is 3.58. The van der Waals surface area contributed by atoms with E-state index in [9.17, 15) is 4.79 Å². The Bertz CT molecular complexity index is 986. The summed E-state index contributed by atoms with van der Waals surface area (Å²) >= 11 is 1.51. The van der Waals surface area contributed by atoms with E-state index < -0.39 is 0 Å². The maximum absolute atomic E-state index is 12.1. The molecule has 2 aromatic carbocycles. The second kappa shape index (κ2) is 8.99. The summed E-state index contributed by atoms with van der Waals surface area (Å²) in [4.78, 5) is 13.7. The fourth-order valence-electron chi connectivity index (χ4n) is 4.10. The number of hydrogen-bond acceptors (Lipinski definition) is 4. The molecule has 1 heterocycles. The van der Waals surface area contributed by atoms with Gasteiger partial charge in [-0.3, -0.25) is 4.79 Å². The summed E-state index contributed by atoms with van der Waals surface area (Å²) in [6.07, 6.45) is 6.88. The molecule has 1 aliphatic rings. The Morgan fingerprint density at radius 3 is 2.62 bits per heavy atom. The number of rotatable bonds is 6. The van der Waals surface area contributed by atoms with Crippen molar-refractivity contribution < 1.29 is 4.79 Å². The fraction of sp³-hybridized carbons (Fsp3) is 0.435. The molecular formula is C23H28N4OS. The van der Waals surface area contributed by atoms with Crippen LogP contribution in [0.3, 0.4) is 0 Å².